The smallest absolute Gasteiger partial charge is 0.236 e. The first kappa shape index (κ1) is 16.8. The minimum Gasteiger partial charge on any atom is -0.352 e. The van der Waals surface area contributed by atoms with Crippen LogP contribution in [0.5, 0.6) is 0 Å². The molecule has 3 heterocycles. The van der Waals surface area contributed by atoms with Crippen molar-refractivity contribution >= 4 is 34.9 Å². The van der Waals surface area contributed by atoms with Crippen molar-refractivity contribution in [3.63, 3.8) is 0 Å². The highest BCUT2D eigenvalue weighted by Gasteiger charge is 2.24. The molecule has 2 saturated heterocycles. The molecule has 0 spiro atoms. The molecule has 8 heteroatoms. The zero-order chi connectivity index (χ0) is 16.2. The summed E-state index contributed by atoms with van der Waals surface area (Å²) in [6.45, 7) is 7.19. The Balaban J connectivity index is 1.52. The van der Waals surface area contributed by atoms with Crippen molar-refractivity contribution in [1.82, 2.24) is 20.1 Å². The summed E-state index contributed by atoms with van der Waals surface area (Å²) in [5.41, 5.74) is 0. The van der Waals surface area contributed by atoms with E-state index in [1.54, 1.807) is 12.3 Å². The Hall–Kier alpha value is -1.08. The first-order valence-electron chi connectivity index (χ1n) is 7.90. The summed E-state index contributed by atoms with van der Waals surface area (Å²) in [5.74, 6) is 0.951. The number of aromatic nitrogens is 1. The number of amides is 1. The molecule has 126 valence electrons. The number of pyridine rings is 1. The van der Waals surface area contributed by atoms with Crippen LogP contribution in [0.15, 0.2) is 12.3 Å². The Kier molecular flexibility index (Phi) is 5.58. The molecular formula is C15H21Cl2N5O. The Labute approximate surface area is 146 Å². The summed E-state index contributed by atoms with van der Waals surface area (Å²) in [7, 11) is 0. The minimum atomic E-state index is 0.210. The highest BCUT2D eigenvalue weighted by Crippen LogP contribution is 2.26. The van der Waals surface area contributed by atoms with Crippen LogP contribution in [0.3, 0.4) is 0 Å². The van der Waals surface area contributed by atoms with Crippen molar-refractivity contribution in [2.45, 2.75) is 0 Å². The third-order valence-corrected chi connectivity index (χ3v) is 4.77. The second-order valence-corrected chi connectivity index (χ2v) is 6.70. The highest BCUT2D eigenvalue weighted by atomic mass is 35.5. The number of nitrogens with zero attached hydrogens (tertiary/aromatic N) is 4. The lowest BCUT2D eigenvalue weighted by molar-refractivity contribution is -0.132. The maximum atomic E-state index is 12.4. The van der Waals surface area contributed by atoms with Gasteiger partial charge in [-0.05, 0) is 6.07 Å². The van der Waals surface area contributed by atoms with Crippen LogP contribution in [0, 0.1) is 0 Å². The SMILES string of the molecule is O=C(CN1CCNCC1)N1CCN(c2ncc(Cl)cc2Cl)CC1. The molecule has 1 amide bonds. The lowest BCUT2D eigenvalue weighted by Gasteiger charge is -2.37. The number of rotatable bonds is 3. The molecule has 0 radical (unpaired) electrons. The van der Waals surface area contributed by atoms with E-state index < -0.39 is 0 Å². The van der Waals surface area contributed by atoms with Gasteiger partial charge in [0.1, 0.15) is 5.82 Å². The number of piperazine rings is 2. The van der Waals surface area contributed by atoms with Gasteiger partial charge in [0.15, 0.2) is 0 Å². The Morgan fingerprint density at radius 1 is 1.13 bits per heavy atom. The van der Waals surface area contributed by atoms with Crippen LogP contribution >= 0.6 is 23.2 Å². The molecule has 0 aromatic carbocycles. The zero-order valence-electron chi connectivity index (χ0n) is 13.0. The van der Waals surface area contributed by atoms with E-state index in [4.69, 9.17) is 23.2 Å². The fourth-order valence-electron chi connectivity index (χ4n) is 2.97. The lowest BCUT2D eigenvalue weighted by atomic mass is 10.2. The van der Waals surface area contributed by atoms with Gasteiger partial charge in [-0.3, -0.25) is 9.69 Å². The largest absolute Gasteiger partial charge is 0.352 e. The third kappa shape index (κ3) is 4.26. The predicted octanol–water partition coefficient (Wildman–Crippen LogP) is 0.942. The number of halogens is 2. The molecule has 1 aromatic heterocycles. The van der Waals surface area contributed by atoms with Gasteiger partial charge in [-0.1, -0.05) is 23.2 Å². The number of hydrogen-bond acceptors (Lipinski definition) is 5. The average molecular weight is 358 g/mol. The summed E-state index contributed by atoms with van der Waals surface area (Å²) in [5, 5.41) is 4.38. The Bertz CT molecular complexity index is 557. The molecule has 6 nitrogen and oxygen atoms in total. The molecule has 1 N–H and O–H groups in total. The number of hydrogen-bond donors (Lipinski definition) is 1. The molecule has 0 saturated carbocycles. The van der Waals surface area contributed by atoms with Crippen LogP contribution in [0.4, 0.5) is 5.82 Å². The molecule has 23 heavy (non-hydrogen) atoms. The van der Waals surface area contributed by atoms with Crippen molar-refractivity contribution in [1.29, 1.82) is 0 Å². The molecule has 0 unspecified atom stereocenters. The normalized spacial score (nSPS) is 19.9. The number of anilines is 1. The van der Waals surface area contributed by atoms with Crippen molar-refractivity contribution in [2.75, 3.05) is 63.8 Å². The van der Waals surface area contributed by atoms with Gasteiger partial charge < -0.3 is 15.1 Å². The standard InChI is InChI=1S/C15H21Cl2N5O/c16-12-9-13(17)15(19-10-12)22-7-5-21(6-8-22)14(23)11-20-3-1-18-2-4-20/h9-10,18H,1-8,11H2. The molecule has 2 aliphatic rings. The molecule has 2 aliphatic heterocycles. The van der Waals surface area contributed by atoms with Gasteiger partial charge in [0, 0.05) is 58.6 Å². The first-order chi connectivity index (χ1) is 11.1. The molecule has 2 fully saturated rings. The quantitative estimate of drug-likeness (QED) is 0.872. The number of carbonyl (C=O) groups excluding carboxylic acids is 1. The highest BCUT2D eigenvalue weighted by molar-refractivity contribution is 6.36. The fourth-order valence-corrected chi connectivity index (χ4v) is 3.47. The fraction of sp³-hybridized carbons (Fsp3) is 0.600. The topological polar surface area (TPSA) is 51.7 Å². The average Bonchev–Trinajstić information content (AvgIpc) is 2.56. The predicted molar refractivity (Wildman–Crippen MR) is 92.4 cm³/mol. The third-order valence-electron chi connectivity index (χ3n) is 4.29. The monoisotopic (exact) mass is 357 g/mol. The molecule has 0 bridgehead atoms. The maximum absolute atomic E-state index is 12.4. The van der Waals surface area contributed by atoms with Gasteiger partial charge in [0.25, 0.3) is 0 Å². The maximum Gasteiger partial charge on any atom is 0.236 e. The van der Waals surface area contributed by atoms with Gasteiger partial charge in [-0.15, -0.1) is 0 Å². The van der Waals surface area contributed by atoms with Gasteiger partial charge in [-0.25, -0.2) is 4.98 Å². The van der Waals surface area contributed by atoms with Gasteiger partial charge >= 0.3 is 0 Å². The van der Waals surface area contributed by atoms with E-state index in [0.29, 0.717) is 29.7 Å². The van der Waals surface area contributed by atoms with Gasteiger partial charge in [0.2, 0.25) is 5.91 Å². The lowest BCUT2D eigenvalue weighted by Crippen LogP contribution is -2.53. The number of nitrogens with one attached hydrogen (secondary N) is 1. The second-order valence-electron chi connectivity index (χ2n) is 5.85. The molecular weight excluding hydrogens is 337 g/mol. The summed E-state index contributed by atoms with van der Waals surface area (Å²) >= 11 is 12.1. The summed E-state index contributed by atoms with van der Waals surface area (Å²) in [4.78, 5) is 23.0. The van der Waals surface area contributed by atoms with Crippen molar-refractivity contribution < 1.29 is 4.79 Å². The summed E-state index contributed by atoms with van der Waals surface area (Å²) in [6.07, 6.45) is 1.60. The number of carbonyl (C=O) groups is 1. The Morgan fingerprint density at radius 2 is 1.83 bits per heavy atom. The van der Waals surface area contributed by atoms with Crippen LogP contribution in [0.1, 0.15) is 0 Å². The first-order valence-corrected chi connectivity index (χ1v) is 8.66. The minimum absolute atomic E-state index is 0.210. The molecule has 0 atom stereocenters. The van der Waals surface area contributed by atoms with E-state index in [9.17, 15) is 4.79 Å². The van der Waals surface area contributed by atoms with Crippen molar-refractivity contribution in [2.24, 2.45) is 0 Å². The van der Waals surface area contributed by atoms with Crippen LogP contribution in [-0.2, 0) is 4.79 Å². The van der Waals surface area contributed by atoms with E-state index >= 15 is 0 Å². The van der Waals surface area contributed by atoms with E-state index in [1.165, 1.54) is 0 Å². The zero-order valence-corrected chi connectivity index (χ0v) is 14.5. The summed E-state index contributed by atoms with van der Waals surface area (Å²) < 4.78 is 0. The van der Waals surface area contributed by atoms with Gasteiger partial charge in [-0.2, -0.15) is 0 Å². The molecule has 0 aliphatic carbocycles. The van der Waals surface area contributed by atoms with Crippen LogP contribution in [0.2, 0.25) is 10.0 Å². The Morgan fingerprint density at radius 3 is 2.48 bits per heavy atom. The molecule has 3 rings (SSSR count). The second kappa shape index (κ2) is 7.66. The van der Waals surface area contributed by atoms with E-state index in [2.05, 4.69) is 20.1 Å². The van der Waals surface area contributed by atoms with Crippen LogP contribution in [-0.4, -0.2) is 79.6 Å². The van der Waals surface area contributed by atoms with E-state index in [1.807, 2.05) is 4.90 Å². The molecule has 1 aromatic rings. The van der Waals surface area contributed by atoms with E-state index in [0.717, 1.165) is 45.1 Å². The van der Waals surface area contributed by atoms with Crippen molar-refractivity contribution in [3.05, 3.63) is 22.3 Å². The summed E-state index contributed by atoms with van der Waals surface area (Å²) in [6, 6.07) is 1.70. The van der Waals surface area contributed by atoms with Gasteiger partial charge in [0.05, 0.1) is 16.6 Å². The van der Waals surface area contributed by atoms with Crippen molar-refractivity contribution in [3.8, 4) is 0 Å². The van der Waals surface area contributed by atoms with Crippen LogP contribution < -0.4 is 10.2 Å². The van der Waals surface area contributed by atoms with E-state index in [-0.39, 0.29) is 5.91 Å². The van der Waals surface area contributed by atoms with Crippen LogP contribution in [0.25, 0.3) is 0 Å².